The van der Waals surface area contributed by atoms with Crippen molar-refractivity contribution in [1.82, 2.24) is 15.1 Å². The lowest BCUT2D eigenvalue weighted by Gasteiger charge is -2.33. The van der Waals surface area contributed by atoms with E-state index in [9.17, 15) is 4.39 Å². The van der Waals surface area contributed by atoms with E-state index in [1.165, 1.54) is 0 Å². The highest BCUT2D eigenvalue weighted by Gasteiger charge is 2.18. The minimum absolute atomic E-state index is 0.100. The molecule has 4 heteroatoms. The highest BCUT2D eigenvalue weighted by molar-refractivity contribution is 5.21. The molecule has 1 aliphatic heterocycles. The van der Waals surface area contributed by atoms with Crippen molar-refractivity contribution in [3.8, 4) is 0 Å². The van der Waals surface area contributed by atoms with Crippen LogP contribution in [0.5, 0.6) is 0 Å². The molecule has 0 aliphatic carbocycles. The molecule has 1 heterocycles. The second-order valence-corrected chi connectivity index (χ2v) is 5.57. The van der Waals surface area contributed by atoms with Crippen molar-refractivity contribution in [2.45, 2.75) is 19.4 Å². The molecule has 1 unspecified atom stereocenters. The van der Waals surface area contributed by atoms with Gasteiger partial charge < -0.3 is 15.1 Å². The van der Waals surface area contributed by atoms with Gasteiger partial charge in [0.1, 0.15) is 5.82 Å². The van der Waals surface area contributed by atoms with Crippen LogP contribution in [0, 0.1) is 5.82 Å². The van der Waals surface area contributed by atoms with E-state index in [1.807, 2.05) is 12.1 Å². The Balaban J connectivity index is 1.91. The first-order valence-electron chi connectivity index (χ1n) is 7.59. The van der Waals surface area contributed by atoms with Gasteiger partial charge in [-0.2, -0.15) is 0 Å². The molecule has 0 amide bonds. The van der Waals surface area contributed by atoms with Crippen molar-refractivity contribution in [3.63, 3.8) is 0 Å². The molecule has 3 nitrogen and oxygen atoms in total. The summed E-state index contributed by atoms with van der Waals surface area (Å²) in [6, 6.07) is 7.23. The molecule has 1 aliphatic rings. The molecular formula is C16H26FN3. The van der Waals surface area contributed by atoms with Crippen molar-refractivity contribution in [3.05, 3.63) is 35.6 Å². The lowest BCUT2D eigenvalue weighted by atomic mass is 10.0. The minimum atomic E-state index is -0.100. The number of halogens is 1. The van der Waals surface area contributed by atoms with Gasteiger partial charge in [-0.25, -0.2) is 4.39 Å². The van der Waals surface area contributed by atoms with Crippen LogP contribution in [0.15, 0.2) is 24.3 Å². The summed E-state index contributed by atoms with van der Waals surface area (Å²) in [6.45, 7) is 8.46. The molecule has 2 rings (SSSR count). The van der Waals surface area contributed by atoms with Crippen LogP contribution in [0.4, 0.5) is 4.39 Å². The Morgan fingerprint density at radius 3 is 2.55 bits per heavy atom. The van der Waals surface area contributed by atoms with Crippen LogP contribution >= 0.6 is 0 Å². The summed E-state index contributed by atoms with van der Waals surface area (Å²) in [5.41, 5.74) is 0.795. The minimum Gasteiger partial charge on any atom is -0.310 e. The van der Waals surface area contributed by atoms with E-state index in [4.69, 9.17) is 0 Å². The molecule has 1 fully saturated rings. The van der Waals surface area contributed by atoms with E-state index >= 15 is 0 Å². The molecule has 0 spiro atoms. The average molecular weight is 279 g/mol. The van der Waals surface area contributed by atoms with Crippen LogP contribution in [0.3, 0.4) is 0 Å². The second-order valence-electron chi connectivity index (χ2n) is 5.57. The summed E-state index contributed by atoms with van der Waals surface area (Å²) >= 11 is 0. The lowest BCUT2D eigenvalue weighted by Crippen LogP contribution is -2.45. The number of likely N-dealkylation sites (N-methyl/N-ethyl adjacent to an activating group) is 1. The van der Waals surface area contributed by atoms with Crippen molar-refractivity contribution in [1.29, 1.82) is 0 Å². The molecule has 0 radical (unpaired) electrons. The van der Waals surface area contributed by atoms with Crippen LogP contribution in [0.25, 0.3) is 0 Å². The Bertz CT molecular complexity index is 402. The van der Waals surface area contributed by atoms with Gasteiger partial charge in [0.2, 0.25) is 0 Å². The van der Waals surface area contributed by atoms with E-state index in [2.05, 4.69) is 29.1 Å². The quantitative estimate of drug-likeness (QED) is 0.860. The van der Waals surface area contributed by atoms with Crippen molar-refractivity contribution in [2.75, 3.05) is 46.3 Å². The van der Waals surface area contributed by atoms with Gasteiger partial charge in [0.15, 0.2) is 0 Å². The summed E-state index contributed by atoms with van der Waals surface area (Å²) < 4.78 is 13.9. The first kappa shape index (κ1) is 15.4. The molecule has 1 atom stereocenters. The van der Waals surface area contributed by atoms with Crippen LogP contribution in [-0.2, 0) is 0 Å². The van der Waals surface area contributed by atoms with Gasteiger partial charge in [-0.05, 0) is 26.1 Å². The standard InChI is InChI=1S/C16H26FN3/c1-3-18-16(14-6-4-5-7-15(14)17)8-9-20-12-10-19(2)11-13-20/h4-7,16,18H,3,8-13H2,1-2H3. The van der Waals surface area contributed by atoms with Gasteiger partial charge in [0.25, 0.3) is 0 Å². The Morgan fingerprint density at radius 2 is 1.90 bits per heavy atom. The summed E-state index contributed by atoms with van der Waals surface area (Å²) in [6.07, 6.45) is 0.957. The van der Waals surface area contributed by atoms with Crippen LogP contribution in [-0.4, -0.2) is 56.1 Å². The predicted octanol–water partition coefficient (Wildman–Crippen LogP) is 2.11. The number of nitrogens with one attached hydrogen (secondary N) is 1. The number of piperazine rings is 1. The fraction of sp³-hybridized carbons (Fsp3) is 0.625. The average Bonchev–Trinajstić information content (AvgIpc) is 2.46. The van der Waals surface area contributed by atoms with Gasteiger partial charge in [-0.3, -0.25) is 0 Å². The molecule has 0 aromatic heterocycles. The molecule has 1 N–H and O–H groups in total. The zero-order valence-electron chi connectivity index (χ0n) is 12.6. The second kappa shape index (κ2) is 7.72. The molecule has 1 aromatic carbocycles. The zero-order chi connectivity index (χ0) is 14.4. The van der Waals surface area contributed by atoms with Crippen LogP contribution < -0.4 is 5.32 Å². The molecule has 112 valence electrons. The molecule has 1 saturated heterocycles. The fourth-order valence-corrected chi connectivity index (χ4v) is 2.75. The number of nitrogens with zero attached hydrogens (tertiary/aromatic N) is 2. The van der Waals surface area contributed by atoms with Crippen molar-refractivity contribution >= 4 is 0 Å². The molecule has 0 bridgehead atoms. The lowest BCUT2D eigenvalue weighted by molar-refractivity contribution is 0.148. The summed E-state index contributed by atoms with van der Waals surface area (Å²) in [5, 5.41) is 3.41. The van der Waals surface area contributed by atoms with E-state index < -0.39 is 0 Å². The molecule has 1 aromatic rings. The number of hydrogen-bond acceptors (Lipinski definition) is 3. The predicted molar refractivity (Wildman–Crippen MR) is 81.4 cm³/mol. The molecule has 20 heavy (non-hydrogen) atoms. The van der Waals surface area contributed by atoms with E-state index in [1.54, 1.807) is 12.1 Å². The SMILES string of the molecule is CCNC(CCN1CCN(C)CC1)c1ccccc1F. The third-order valence-electron chi connectivity index (χ3n) is 4.06. The number of benzene rings is 1. The van der Waals surface area contributed by atoms with E-state index in [0.717, 1.165) is 51.3 Å². The summed E-state index contributed by atoms with van der Waals surface area (Å²) in [5.74, 6) is -0.100. The molecular weight excluding hydrogens is 253 g/mol. The van der Waals surface area contributed by atoms with E-state index in [0.29, 0.717) is 0 Å². The Labute approximate surface area is 121 Å². The smallest absolute Gasteiger partial charge is 0.127 e. The monoisotopic (exact) mass is 279 g/mol. The van der Waals surface area contributed by atoms with Gasteiger partial charge >= 0.3 is 0 Å². The maximum atomic E-state index is 13.9. The first-order valence-corrected chi connectivity index (χ1v) is 7.59. The summed E-state index contributed by atoms with van der Waals surface area (Å²) in [7, 11) is 2.16. The van der Waals surface area contributed by atoms with Crippen LogP contribution in [0.2, 0.25) is 0 Å². The maximum absolute atomic E-state index is 13.9. The third-order valence-corrected chi connectivity index (χ3v) is 4.06. The highest BCUT2D eigenvalue weighted by atomic mass is 19.1. The topological polar surface area (TPSA) is 18.5 Å². The Hall–Kier alpha value is -0.970. The van der Waals surface area contributed by atoms with Gasteiger partial charge in [-0.15, -0.1) is 0 Å². The highest BCUT2D eigenvalue weighted by Crippen LogP contribution is 2.20. The Kier molecular flexibility index (Phi) is 5.95. The van der Waals surface area contributed by atoms with Crippen molar-refractivity contribution in [2.24, 2.45) is 0 Å². The normalized spacial score (nSPS) is 19.1. The fourth-order valence-electron chi connectivity index (χ4n) is 2.75. The number of hydrogen-bond donors (Lipinski definition) is 1. The maximum Gasteiger partial charge on any atom is 0.127 e. The molecule has 0 saturated carbocycles. The third kappa shape index (κ3) is 4.27. The zero-order valence-corrected chi connectivity index (χ0v) is 12.6. The largest absolute Gasteiger partial charge is 0.310 e. The van der Waals surface area contributed by atoms with Crippen LogP contribution in [0.1, 0.15) is 24.9 Å². The number of rotatable bonds is 6. The Morgan fingerprint density at radius 1 is 1.20 bits per heavy atom. The van der Waals surface area contributed by atoms with Gasteiger partial charge in [0.05, 0.1) is 0 Å². The summed E-state index contributed by atoms with van der Waals surface area (Å²) in [4.78, 5) is 4.83. The van der Waals surface area contributed by atoms with Gasteiger partial charge in [0, 0.05) is 44.3 Å². The van der Waals surface area contributed by atoms with Gasteiger partial charge in [-0.1, -0.05) is 25.1 Å². The first-order chi connectivity index (χ1) is 9.70. The van der Waals surface area contributed by atoms with E-state index in [-0.39, 0.29) is 11.9 Å². The van der Waals surface area contributed by atoms with Crippen molar-refractivity contribution < 1.29 is 4.39 Å².